The van der Waals surface area contributed by atoms with Gasteiger partial charge in [0, 0.05) is 26.5 Å². The second-order valence-electron chi connectivity index (χ2n) is 9.02. The third-order valence-electron chi connectivity index (χ3n) is 5.86. The molecule has 200 valence electrons. The van der Waals surface area contributed by atoms with Crippen LogP contribution in [-0.4, -0.2) is 66.1 Å². The van der Waals surface area contributed by atoms with E-state index in [-0.39, 0.29) is 6.61 Å². The maximum absolute atomic E-state index is 11.8. The van der Waals surface area contributed by atoms with Gasteiger partial charge in [-0.15, -0.1) is 0 Å². The molecule has 0 radical (unpaired) electrons. The van der Waals surface area contributed by atoms with Crippen molar-refractivity contribution in [1.82, 2.24) is 0 Å². The van der Waals surface area contributed by atoms with Crippen LogP contribution in [0.1, 0.15) is 91.9 Å². The molecule has 0 spiro atoms. The monoisotopic (exact) mass is 515 g/mol. The van der Waals surface area contributed by atoms with E-state index in [1.54, 1.807) is 0 Å². The topological polar surface area (TPSA) is 110 Å². The van der Waals surface area contributed by atoms with Gasteiger partial charge in [-0.2, -0.15) is 0 Å². The Morgan fingerprint density at radius 3 is 1.97 bits per heavy atom. The standard InChI is InChI=1S/C25H41NO8S/c1-5-6-7-8-9-10-11-12-13-14-15-35-25-26-24-23(34-25)22(32-19(4)29)21(31-18(3)28)20(33-24)16-30-17(2)27/h20-24H,5-16H2,1-4H3/t20-,21-,22+,23-,24+/m1/s1. The van der Waals surface area contributed by atoms with Gasteiger partial charge >= 0.3 is 17.9 Å². The van der Waals surface area contributed by atoms with Gasteiger partial charge < -0.3 is 23.7 Å². The lowest BCUT2D eigenvalue weighted by atomic mass is 9.98. The van der Waals surface area contributed by atoms with Crippen molar-refractivity contribution in [2.45, 2.75) is 123 Å². The molecule has 0 saturated carbocycles. The van der Waals surface area contributed by atoms with Gasteiger partial charge in [0.15, 0.2) is 24.5 Å². The molecule has 1 saturated heterocycles. The fraction of sp³-hybridized carbons (Fsp3) is 0.840. The Morgan fingerprint density at radius 2 is 1.40 bits per heavy atom. The Balaban J connectivity index is 1.83. The number of aliphatic imine (C=N–C) groups is 1. The highest BCUT2D eigenvalue weighted by atomic mass is 32.2. The number of carbonyl (C=O) groups is 3. The molecule has 0 N–H and O–H groups in total. The highest BCUT2D eigenvalue weighted by Crippen LogP contribution is 2.34. The Labute approximate surface area is 213 Å². The van der Waals surface area contributed by atoms with Gasteiger partial charge in [-0.1, -0.05) is 76.5 Å². The number of thioether (sulfide) groups is 1. The van der Waals surface area contributed by atoms with E-state index in [9.17, 15) is 14.4 Å². The van der Waals surface area contributed by atoms with E-state index >= 15 is 0 Å². The molecule has 5 atom stereocenters. The predicted molar refractivity (Wildman–Crippen MR) is 133 cm³/mol. The minimum atomic E-state index is -0.987. The Hall–Kier alpha value is -1.81. The third kappa shape index (κ3) is 10.8. The zero-order valence-corrected chi connectivity index (χ0v) is 22.3. The molecule has 2 heterocycles. The van der Waals surface area contributed by atoms with Crippen molar-refractivity contribution in [3.8, 4) is 0 Å². The number of hydrogen-bond acceptors (Lipinski definition) is 10. The van der Waals surface area contributed by atoms with Crippen LogP contribution in [0.4, 0.5) is 0 Å². The SMILES string of the molecule is CCCCCCCCCCCCSC1=N[C@H]2O[C@H](COC(C)=O)[C@@H](OC(C)=O)[C@H](OC(C)=O)[C@H]2O1. The summed E-state index contributed by atoms with van der Waals surface area (Å²) in [4.78, 5) is 39.3. The highest BCUT2D eigenvalue weighted by Gasteiger charge is 2.54. The van der Waals surface area contributed by atoms with Gasteiger partial charge in [0.2, 0.25) is 5.23 Å². The van der Waals surface area contributed by atoms with Gasteiger partial charge in [0.05, 0.1) is 0 Å². The van der Waals surface area contributed by atoms with Crippen LogP contribution < -0.4 is 0 Å². The van der Waals surface area contributed by atoms with E-state index in [2.05, 4.69) is 11.9 Å². The molecule has 2 aliphatic rings. The van der Waals surface area contributed by atoms with Gasteiger partial charge in [-0.05, 0) is 6.42 Å². The summed E-state index contributed by atoms with van der Waals surface area (Å²) in [5, 5.41) is 0.461. The molecule has 1 fully saturated rings. The van der Waals surface area contributed by atoms with E-state index in [1.807, 2.05) is 0 Å². The first-order chi connectivity index (χ1) is 16.8. The number of hydrogen-bond donors (Lipinski definition) is 0. The molecule has 0 amide bonds. The van der Waals surface area contributed by atoms with E-state index in [0.717, 1.165) is 18.6 Å². The molecule has 10 heteroatoms. The number of ether oxygens (including phenoxy) is 5. The zero-order valence-electron chi connectivity index (χ0n) is 21.5. The maximum atomic E-state index is 11.8. The van der Waals surface area contributed by atoms with Crippen LogP contribution in [0.5, 0.6) is 0 Å². The fourth-order valence-corrected chi connectivity index (χ4v) is 5.07. The second kappa shape index (κ2) is 16.0. The van der Waals surface area contributed by atoms with Crippen molar-refractivity contribution in [2.24, 2.45) is 4.99 Å². The molecule has 0 aromatic heterocycles. The van der Waals surface area contributed by atoms with E-state index in [4.69, 9.17) is 23.7 Å². The van der Waals surface area contributed by atoms with Crippen molar-refractivity contribution in [2.75, 3.05) is 12.4 Å². The van der Waals surface area contributed by atoms with E-state index in [1.165, 1.54) is 83.9 Å². The number of unbranched alkanes of at least 4 members (excludes halogenated alkanes) is 9. The molecule has 35 heavy (non-hydrogen) atoms. The Bertz CT molecular complexity index is 716. The first-order valence-corrected chi connectivity index (χ1v) is 13.8. The molecular weight excluding hydrogens is 474 g/mol. The summed E-state index contributed by atoms with van der Waals surface area (Å²) in [5.41, 5.74) is 0. The Kier molecular flexibility index (Phi) is 13.5. The number of nitrogens with zero attached hydrogens (tertiary/aromatic N) is 1. The van der Waals surface area contributed by atoms with E-state index in [0.29, 0.717) is 5.23 Å². The average Bonchev–Trinajstić information content (AvgIpc) is 3.20. The Morgan fingerprint density at radius 1 is 0.829 bits per heavy atom. The summed E-state index contributed by atoms with van der Waals surface area (Å²) >= 11 is 1.50. The molecule has 0 aromatic rings. The van der Waals surface area contributed by atoms with Crippen molar-refractivity contribution >= 4 is 34.9 Å². The van der Waals surface area contributed by atoms with Gasteiger partial charge in [0.25, 0.3) is 0 Å². The van der Waals surface area contributed by atoms with Crippen LogP contribution in [0, 0.1) is 0 Å². The van der Waals surface area contributed by atoms with Gasteiger partial charge in [0.1, 0.15) is 12.7 Å². The van der Waals surface area contributed by atoms with Crippen LogP contribution in [0.3, 0.4) is 0 Å². The number of fused-ring (bicyclic) bond motifs is 1. The minimum absolute atomic E-state index is 0.162. The zero-order chi connectivity index (χ0) is 25.6. The lowest BCUT2D eigenvalue weighted by Crippen LogP contribution is -2.60. The van der Waals surface area contributed by atoms with Crippen LogP contribution in [0.2, 0.25) is 0 Å². The molecular formula is C25H41NO8S. The molecule has 2 rings (SSSR count). The van der Waals surface area contributed by atoms with Crippen LogP contribution in [0.15, 0.2) is 4.99 Å². The summed E-state index contributed by atoms with van der Waals surface area (Å²) in [5.74, 6) is -0.761. The van der Waals surface area contributed by atoms with Crippen LogP contribution in [0.25, 0.3) is 0 Å². The molecule has 0 aromatic carbocycles. The van der Waals surface area contributed by atoms with Crippen LogP contribution in [-0.2, 0) is 38.1 Å². The van der Waals surface area contributed by atoms with Gasteiger partial charge in [-0.25, -0.2) is 4.99 Å². The van der Waals surface area contributed by atoms with Crippen molar-refractivity contribution in [3.05, 3.63) is 0 Å². The quantitative estimate of drug-likeness (QED) is 0.176. The lowest BCUT2D eigenvalue weighted by molar-refractivity contribution is -0.236. The number of carbonyl (C=O) groups excluding carboxylic acids is 3. The second-order valence-corrected chi connectivity index (χ2v) is 10.1. The molecule has 0 unspecified atom stereocenters. The largest absolute Gasteiger partial charge is 0.463 e. The predicted octanol–water partition coefficient (Wildman–Crippen LogP) is 4.55. The summed E-state index contributed by atoms with van der Waals surface area (Å²) < 4.78 is 27.9. The lowest BCUT2D eigenvalue weighted by Gasteiger charge is -2.40. The molecule has 9 nitrogen and oxygen atoms in total. The summed E-state index contributed by atoms with van der Waals surface area (Å²) in [6.07, 6.45) is 8.43. The fourth-order valence-electron chi connectivity index (χ4n) is 4.19. The van der Waals surface area contributed by atoms with Crippen molar-refractivity contribution in [3.63, 3.8) is 0 Å². The first kappa shape index (κ1) is 29.4. The molecule has 0 bridgehead atoms. The highest BCUT2D eigenvalue weighted by molar-refractivity contribution is 8.13. The summed E-state index contributed by atoms with van der Waals surface area (Å²) in [6.45, 7) is 5.87. The van der Waals surface area contributed by atoms with Crippen molar-refractivity contribution in [1.29, 1.82) is 0 Å². The number of esters is 3. The maximum Gasteiger partial charge on any atom is 0.303 e. The normalized spacial score (nSPS) is 25.3. The average molecular weight is 516 g/mol. The third-order valence-corrected chi connectivity index (χ3v) is 6.80. The minimum Gasteiger partial charge on any atom is -0.463 e. The van der Waals surface area contributed by atoms with Crippen molar-refractivity contribution < 1.29 is 38.1 Å². The number of rotatable bonds is 15. The molecule has 0 aliphatic carbocycles. The van der Waals surface area contributed by atoms with E-state index < -0.39 is 48.6 Å². The summed E-state index contributed by atoms with van der Waals surface area (Å²) in [6, 6.07) is 0. The first-order valence-electron chi connectivity index (χ1n) is 12.8. The van der Waals surface area contributed by atoms with Crippen LogP contribution >= 0.6 is 11.8 Å². The van der Waals surface area contributed by atoms with Gasteiger partial charge in [-0.3, -0.25) is 14.4 Å². The smallest absolute Gasteiger partial charge is 0.303 e. The summed E-state index contributed by atoms with van der Waals surface area (Å²) in [7, 11) is 0. The molecule has 2 aliphatic heterocycles.